The lowest BCUT2D eigenvalue weighted by molar-refractivity contribution is -0.768. The standard InChI is InChI=1S/C18H32N6O2S2/c1-5-7-13-11-15(25)23-17(21-13,27-3)19-9-10-20-18(28-4)22-14(8-6-2)12-16(26)24-18/h19-20H,5-12H2,1-4H3,(H,23,25)(H,24,26)/p+2/t17-,18+. The van der Waals surface area contributed by atoms with Gasteiger partial charge in [-0.2, -0.15) is 0 Å². The second-order valence-electron chi connectivity index (χ2n) is 7.09. The number of nitrogens with one attached hydrogen (secondary N) is 2. The Hall–Kier alpha value is -1.10. The first-order valence-electron chi connectivity index (χ1n) is 9.96. The second-order valence-corrected chi connectivity index (χ2v) is 9.15. The summed E-state index contributed by atoms with van der Waals surface area (Å²) in [6.07, 6.45) is 8.39. The molecule has 0 aromatic carbocycles. The van der Waals surface area contributed by atoms with Crippen LogP contribution in [0.4, 0.5) is 0 Å². The average Bonchev–Trinajstić information content (AvgIpc) is 2.65. The molecule has 10 heteroatoms. The summed E-state index contributed by atoms with van der Waals surface area (Å²) in [5.74, 6) is 0.0592. The van der Waals surface area contributed by atoms with Crippen LogP contribution in [-0.4, -0.2) is 59.1 Å². The zero-order valence-corrected chi connectivity index (χ0v) is 19.0. The average molecular weight is 431 g/mol. The Morgan fingerprint density at radius 2 is 1.25 bits per heavy atom. The molecule has 2 heterocycles. The molecule has 0 saturated heterocycles. The fraction of sp³-hybridized carbons (Fsp3) is 0.778. The maximum Gasteiger partial charge on any atom is 0.320 e. The summed E-state index contributed by atoms with van der Waals surface area (Å²) in [6, 6.07) is 0. The van der Waals surface area contributed by atoms with E-state index >= 15 is 0 Å². The van der Waals surface area contributed by atoms with Crippen LogP contribution in [0.1, 0.15) is 52.4 Å². The van der Waals surface area contributed by atoms with E-state index in [9.17, 15) is 9.59 Å². The van der Waals surface area contributed by atoms with Gasteiger partial charge < -0.3 is 0 Å². The molecule has 6 N–H and O–H groups in total. The van der Waals surface area contributed by atoms with E-state index in [2.05, 4.69) is 35.1 Å². The van der Waals surface area contributed by atoms with Crippen LogP contribution in [0.25, 0.3) is 0 Å². The van der Waals surface area contributed by atoms with E-state index in [0.717, 1.165) is 50.2 Å². The Morgan fingerprint density at radius 1 is 0.857 bits per heavy atom. The highest BCUT2D eigenvalue weighted by molar-refractivity contribution is 7.99. The molecule has 0 aromatic heterocycles. The Morgan fingerprint density at radius 3 is 1.57 bits per heavy atom. The third-order valence-electron chi connectivity index (χ3n) is 4.72. The van der Waals surface area contributed by atoms with Crippen molar-refractivity contribution in [2.75, 3.05) is 25.6 Å². The summed E-state index contributed by atoms with van der Waals surface area (Å²) in [6.45, 7) is 5.67. The number of nitrogens with zero attached hydrogens (tertiary/aromatic N) is 2. The number of thioether (sulfide) groups is 2. The van der Waals surface area contributed by atoms with Crippen LogP contribution in [0, 0.1) is 0 Å². The highest BCUT2D eigenvalue weighted by Gasteiger charge is 2.41. The quantitative estimate of drug-likeness (QED) is 0.263. The third-order valence-corrected chi connectivity index (χ3v) is 6.69. The summed E-state index contributed by atoms with van der Waals surface area (Å²) in [5.41, 5.74) is 1.93. The largest absolute Gasteiger partial charge is 0.320 e. The molecule has 2 amide bonds. The van der Waals surface area contributed by atoms with Crippen LogP contribution in [0.2, 0.25) is 0 Å². The third kappa shape index (κ3) is 6.20. The van der Waals surface area contributed by atoms with Gasteiger partial charge in [0.1, 0.15) is 13.1 Å². The molecular weight excluding hydrogens is 396 g/mol. The molecule has 0 bridgehead atoms. The second kappa shape index (κ2) is 10.6. The number of amides is 2. The van der Waals surface area contributed by atoms with Crippen LogP contribution in [0.5, 0.6) is 0 Å². The lowest BCUT2D eigenvalue weighted by Crippen LogP contribution is -3.07. The molecule has 0 spiro atoms. The first-order chi connectivity index (χ1) is 13.4. The van der Waals surface area contributed by atoms with Gasteiger partial charge in [-0.15, -0.1) is 0 Å². The number of hydrogen-bond acceptors (Lipinski definition) is 6. The van der Waals surface area contributed by atoms with Crippen molar-refractivity contribution in [1.29, 1.82) is 0 Å². The number of aliphatic imine (C=N–C) groups is 2. The van der Waals surface area contributed by atoms with Crippen molar-refractivity contribution in [2.45, 2.75) is 62.6 Å². The van der Waals surface area contributed by atoms with Gasteiger partial charge in [0.25, 0.3) is 0 Å². The minimum atomic E-state index is -0.688. The van der Waals surface area contributed by atoms with Crippen molar-refractivity contribution < 1.29 is 20.2 Å². The van der Waals surface area contributed by atoms with Gasteiger partial charge in [0.05, 0.1) is 12.8 Å². The number of hydrogen-bond donors (Lipinski definition) is 4. The first kappa shape index (κ1) is 23.2. The highest BCUT2D eigenvalue weighted by Crippen LogP contribution is 2.20. The molecule has 2 aliphatic heterocycles. The van der Waals surface area contributed by atoms with Gasteiger partial charge in [0, 0.05) is 11.4 Å². The monoisotopic (exact) mass is 430 g/mol. The summed E-state index contributed by atoms with van der Waals surface area (Å²) in [4.78, 5) is 33.9. The zero-order valence-electron chi connectivity index (χ0n) is 17.3. The Balaban J connectivity index is 1.99. The molecule has 0 aromatic rings. The summed E-state index contributed by atoms with van der Waals surface area (Å²) >= 11 is 3.07. The first-order valence-corrected chi connectivity index (χ1v) is 12.4. The Labute approximate surface area is 175 Å². The predicted octanol–water partition coefficient (Wildman–Crippen LogP) is -0.416. The maximum atomic E-state index is 12.1. The molecule has 158 valence electrons. The topological polar surface area (TPSA) is 116 Å². The number of carbonyl (C=O) groups is 2. The minimum absolute atomic E-state index is 0.0296. The summed E-state index contributed by atoms with van der Waals surface area (Å²) in [5, 5.41) is 8.81. The smallest absolute Gasteiger partial charge is 0.290 e. The van der Waals surface area contributed by atoms with E-state index in [1.165, 1.54) is 23.5 Å². The van der Waals surface area contributed by atoms with Crippen molar-refractivity contribution >= 4 is 46.8 Å². The Kier molecular flexibility index (Phi) is 8.79. The zero-order chi connectivity index (χ0) is 20.6. The van der Waals surface area contributed by atoms with E-state index < -0.39 is 10.2 Å². The molecule has 0 unspecified atom stereocenters. The van der Waals surface area contributed by atoms with Crippen LogP contribution in [0.3, 0.4) is 0 Å². The molecule has 0 fully saturated rings. The van der Waals surface area contributed by atoms with Gasteiger partial charge in [-0.05, 0) is 48.9 Å². The molecular formula is C18H34N6O2S2+2. The van der Waals surface area contributed by atoms with Crippen LogP contribution in [0.15, 0.2) is 9.98 Å². The van der Waals surface area contributed by atoms with E-state index in [0.29, 0.717) is 12.8 Å². The summed E-state index contributed by atoms with van der Waals surface area (Å²) in [7, 11) is 0. The number of nitrogens with two attached hydrogens (primary N) is 2. The van der Waals surface area contributed by atoms with Crippen LogP contribution >= 0.6 is 23.5 Å². The SMILES string of the molecule is CCCC1=N[C@]([NH2+]CC[NH2+][C@@]2(SC)N=C(CCC)CC(=O)N2)(SC)NC(=O)C1. The molecule has 2 aliphatic rings. The fourth-order valence-electron chi connectivity index (χ4n) is 3.44. The number of carbonyl (C=O) groups excluding carboxylic acids is 2. The van der Waals surface area contributed by atoms with Gasteiger partial charge in [-0.25, -0.2) is 9.98 Å². The van der Waals surface area contributed by atoms with E-state index in [1.807, 2.05) is 12.5 Å². The van der Waals surface area contributed by atoms with Crippen molar-refractivity contribution in [3.8, 4) is 0 Å². The van der Waals surface area contributed by atoms with Gasteiger partial charge in [0.2, 0.25) is 11.8 Å². The lowest BCUT2D eigenvalue weighted by Gasteiger charge is -2.32. The fourth-order valence-corrected chi connectivity index (χ4v) is 4.88. The van der Waals surface area contributed by atoms with Crippen molar-refractivity contribution in [2.24, 2.45) is 9.98 Å². The van der Waals surface area contributed by atoms with Crippen molar-refractivity contribution in [1.82, 2.24) is 10.6 Å². The van der Waals surface area contributed by atoms with Crippen molar-refractivity contribution in [3.05, 3.63) is 0 Å². The molecule has 2 atom stereocenters. The van der Waals surface area contributed by atoms with Crippen LogP contribution in [-0.2, 0) is 9.59 Å². The van der Waals surface area contributed by atoms with E-state index in [4.69, 9.17) is 9.98 Å². The highest BCUT2D eigenvalue weighted by atomic mass is 32.2. The maximum absolute atomic E-state index is 12.1. The minimum Gasteiger partial charge on any atom is -0.290 e. The lowest BCUT2D eigenvalue weighted by atomic mass is 10.1. The van der Waals surface area contributed by atoms with Gasteiger partial charge in [0.15, 0.2) is 0 Å². The van der Waals surface area contributed by atoms with Gasteiger partial charge in [-0.3, -0.25) is 30.9 Å². The van der Waals surface area contributed by atoms with Gasteiger partial charge in [-0.1, -0.05) is 26.7 Å². The molecule has 0 saturated carbocycles. The predicted molar refractivity (Wildman–Crippen MR) is 116 cm³/mol. The van der Waals surface area contributed by atoms with E-state index in [-0.39, 0.29) is 11.8 Å². The number of quaternary nitrogens is 2. The number of rotatable bonds is 11. The Bertz CT molecular complexity index is 588. The normalized spacial score (nSPS) is 27.7. The molecule has 8 nitrogen and oxygen atoms in total. The molecule has 0 aliphatic carbocycles. The van der Waals surface area contributed by atoms with Crippen LogP contribution < -0.4 is 21.3 Å². The summed E-state index contributed by atoms with van der Waals surface area (Å²) < 4.78 is 0. The van der Waals surface area contributed by atoms with E-state index in [1.54, 1.807) is 0 Å². The molecule has 28 heavy (non-hydrogen) atoms. The van der Waals surface area contributed by atoms with Crippen molar-refractivity contribution in [3.63, 3.8) is 0 Å². The molecule has 2 rings (SSSR count). The van der Waals surface area contributed by atoms with Gasteiger partial charge >= 0.3 is 10.2 Å². The molecule has 0 radical (unpaired) electrons.